The Balaban J connectivity index is 1.81. The van der Waals surface area contributed by atoms with E-state index in [2.05, 4.69) is 4.98 Å². The lowest BCUT2D eigenvalue weighted by Gasteiger charge is -2.21. The zero-order chi connectivity index (χ0) is 20.4. The summed E-state index contributed by atoms with van der Waals surface area (Å²) in [6.07, 6.45) is 1.38. The van der Waals surface area contributed by atoms with Crippen LogP contribution in [0.25, 0.3) is 31.8 Å². The van der Waals surface area contributed by atoms with Gasteiger partial charge in [0.2, 0.25) is 5.43 Å². The molecule has 0 saturated heterocycles. The Bertz CT molecular complexity index is 1180. The predicted molar refractivity (Wildman–Crippen MR) is 112 cm³/mol. The summed E-state index contributed by atoms with van der Waals surface area (Å²) in [7, 11) is 0. The molecule has 4 aromatic rings. The first kappa shape index (κ1) is 19.5. The van der Waals surface area contributed by atoms with Crippen LogP contribution in [0.3, 0.4) is 0 Å². The Labute approximate surface area is 170 Å². The number of aromatic nitrogens is 1. The van der Waals surface area contributed by atoms with Gasteiger partial charge in [0, 0.05) is 19.6 Å². The van der Waals surface area contributed by atoms with Gasteiger partial charge >= 0.3 is 0 Å². The second kappa shape index (κ2) is 8.30. The van der Waals surface area contributed by atoms with E-state index in [0.717, 1.165) is 10.2 Å². The Hall–Kier alpha value is -2.78. The van der Waals surface area contributed by atoms with E-state index in [1.54, 1.807) is 11.0 Å². The van der Waals surface area contributed by atoms with Gasteiger partial charge in [-0.2, -0.15) is 0 Å². The third kappa shape index (κ3) is 3.75. The number of aliphatic hydroxyl groups is 2. The molecule has 0 aliphatic heterocycles. The first-order valence-electron chi connectivity index (χ1n) is 9.18. The van der Waals surface area contributed by atoms with Crippen molar-refractivity contribution in [2.75, 3.05) is 26.3 Å². The van der Waals surface area contributed by atoms with E-state index in [0.29, 0.717) is 40.2 Å². The van der Waals surface area contributed by atoms with Crippen LogP contribution < -0.4 is 5.43 Å². The fourth-order valence-corrected chi connectivity index (χ4v) is 4.28. The maximum atomic E-state index is 13.1. The van der Waals surface area contributed by atoms with Crippen LogP contribution in [0.4, 0.5) is 0 Å². The van der Waals surface area contributed by atoms with Gasteiger partial charge in [-0.1, -0.05) is 12.1 Å². The van der Waals surface area contributed by atoms with Crippen molar-refractivity contribution in [3.8, 4) is 16.3 Å². The molecule has 0 atom stereocenters. The van der Waals surface area contributed by atoms with Gasteiger partial charge in [-0.15, -0.1) is 11.3 Å². The molecule has 0 radical (unpaired) electrons. The molecule has 0 aliphatic carbocycles. The number of nitrogens with zero attached hydrogens (tertiary/aromatic N) is 2. The van der Waals surface area contributed by atoms with Gasteiger partial charge in [0.05, 0.1) is 39.9 Å². The van der Waals surface area contributed by atoms with Crippen LogP contribution in [0.15, 0.2) is 51.9 Å². The highest BCUT2D eigenvalue weighted by atomic mass is 32.1. The molecule has 2 heterocycles. The molecule has 0 fully saturated rings. The summed E-state index contributed by atoms with van der Waals surface area (Å²) in [5.74, 6) is -0.00531. The van der Waals surface area contributed by atoms with E-state index in [-0.39, 0.29) is 30.9 Å². The van der Waals surface area contributed by atoms with E-state index in [9.17, 15) is 20.1 Å². The number of hydrogen-bond acceptors (Lipinski definition) is 8. The highest BCUT2D eigenvalue weighted by Crippen LogP contribution is 2.32. The van der Waals surface area contributed by atoms with Crippen molar-refractivity contribution in [1.82, 2.24) is 9.88 Å². The number of aliphatic hydroxyl groups excluding tert-OH is 2. The van der Waals surface area contributed by atoms with Crippen molar-refractivity contribution in [1.29, 1.82) is 0 Å². The average Bonchev–Trinajstić information content (AvgIpc) is 3.14. The second-order valence-electron chi connectivity index (χ2n) is 6.63. The summed E-state index contributed by atoms with van der Waals surface area (Å²) < 4.78 is 6.78. The molecule has 0 bridgehead atoms. The standard InChI is InChI=1S/C21H20N2O5S/c24-9-7-23(8-10-25)11-14-17(26)6-5-13-19(27)15(12-28-20(13)14)21-22-16-3-1-2-4-18(16)29-21/h1-6,12,24-26H,7-11H2. The van der Waals surface area contributed by atoms with Gasteiger partial charge < -0.3 is 19.7 Å². The van der Waals surface area contributed by atoms with Crippen LogP contribution in [0.2, 0.25) is 0 Å². The quantitative estimate of drug-likeness (QED) is 0.428. The van der Waals surface area contributed by atoms with Crippen LogP contribution in [0, 0.1) is 0 Å². The molecule has 4 rings (SSSR count). The minimum atomic E-state index is -0.220. The lowest BCUT2D eigenvalue weighted by molar-refractivity contribution is 0.155. The van der Waals surface area contributed by atoms with Gasteiger partial charge in [0.25, 0.3) is 0 Å². The highest BCUT2D eigenvalue weighted by Gasteiger charge is 2.19. The molecule has 3 N–H and O–H groups in total. The second-order valence-corrected chi connectivity index (χ2v) is 7.66. The van der Waals surface area contributed by atoms with Crippen molar-refractivity contribution in [3.05, 3.63) is 58.4 Å². The fraction of sp³-hybridized carbons (Fsp3) is 0.238. The van der Waals surface area contributed by atoms with Crippen LogP contribution in [0.5, 0.6) is 5.75 Å². The van der Waals surface area contributed by atoms with Crippen LogP contribution in [-0.4, -0.2) is 51.5 Å². The smallest absolute Gasteiger partial charge is 0.202 e. The molecule has 8 heteroatoms. The van der Waals surface area contributed by atoms with E-state index < -0.39 is 0 Å². The highest BCUT2D eigenvalue weighted by molar-refractivity contribution is 7.21. The number of para-hydroxylation sites is 1. The number of hydrogen-bond donors (Lipinski definition) is 3. The van der Waals surface area contributed by atoms with Crippen LogP contribution in [-0.2, 0) is 6.54 Å². The predicted octanol–water partition coefficient (Wildman–Crippen LogP) is 2.56. The van der Waals surface area contributed by atoms with E-state index >= 15 is 0 Å². The largest absolute Gasteiger partial charge is 0.507 e. The molecule has 0 amide bonds. The van der Waals surface area contributed by atoms with Crippen molar-refractivity contribution >= 4 is 32.5 Å². The molecule has 0 aliphatic rings. The summed E-state index contributed by atoms with van der Waals surface area (Å²) >= 11 is 1.42. The number of thiazole rings is 1. The molecule has 2 aromatic carbocycles. The van der Waals surface area contributed by atoms with Crippen molar-refractivity contribution in [2.45, 2.75) is 6.54 Å². The summed E-state index contributed by atoms with van der Waals surface area (Å²) in [6.45, 7) is 0.705. The minimum Gasteiger partial charge on any atom is -0.507 e. The van der Waals surface area contributed by atoms with Gasteiger partial charge in [-0.25, -0.2) is 4.98 Å². The van der Waals surface area contributed by atoms with Crippen LogP contribution >= 0.6 is 11.3 Å². The third-order valence-electron chi connectivity index (χ3n) is 4.76. The van der Waals surface area contributed by atoms with Gasteiger partial charge in [0.15, 0.2) is 0 Å². The first-order valence-corrected chi connectivity index (χ1v) is 10.0. The van der Waals surface area contributed by atoms with Crippen molar-refractivity contribution < 1.29 is 19.7 Å². The lowest BCUT2D eigenvalue weighted by Crippen LogP contribution is -2.29. The molecule has 0 saturated carbocycles. The van der Waals surface area contributed by atoms with Crippen molar-refractivity contribution in [2.24, 2.45) is 0 Å². The molecule has 29 heavy (non-hydrogen) atoms. The Morgan fingerprint density at radius 2 is 1.83 bits per heavy atom. The number of phenols is 1. The lowest BCUT2D eigenvalue weighted by atomic mass is 10.1. The van der Waals surface area contributed by atoms with E-state index in [4.69, 9.17) is 4.42 Å². The number of aromatic hydroxyl groups is 1. The van der Waals surface area contributed by atoms with Gasteiger partial charge in [-0.3, -0.25) is 9.69 Å². The summed E-state index contributed by atoms with van der Waals surface area (Å²) in [4.78, 5) is 19.4. The SMILES string of the molecule is O=c1c(-c2nc3ccccc3s2)coc2c(CN(CCO)CCO)c(O)ccc12. The molecule has 7 nitrogen and oxygen atoms in total. The molecule has 2 aromatic heterocycles. The summed E-state index contributed by atoms with van der Waals surface area (Å²) in [6, 6.07) is 10.7. The Morgan fingerprint density at radius 1 is 1.07 bits per heavy atom. The van der Waals surface area contributed by atoms with Crippen LogP contribution in [0.1, 0.15) is 5.56 Å². The Kier molecular flexibility index (Phi) is 5.59. The minimum absolute atomic E-state index is 0.00531. The maximum absolute atomic E-state index is 13.1. The Morgan fingerprint density at radius 3 is 2.55 bits per heavy atom. The van der Waals surface area contributed by atoms with Gasteiger partial charge in [0.1, 0.15) is 22.6 Å². The monoisotopic (exact) mass is 412 g/mol. The topological polar surface area (TPSA) is 107 Å². The molecular weight excluding hydrogens is 392 g/mol. The number of benzene rings is 2. The molecule has 150 valence electrons. The molecular formula is C21H20N2O5S. The number of rotatable bonds is 7. The normalized spacial score (nSPS) is 11.7. The zero-order valence-electron chi connectivity index (χ0n) is 15.5. The van der Waals surface area contributed by atoms with E-state index in [1.165, 1.54) is 23.7 Å². The molecule has 0 unspecified atom stereocenters. The van der Waals surface area contributed by atoms with Crippen molar-refractivity contribution in [3.63, 3.8) is 0 Å². The molecule has 0 spiro atoms. The number of fused-ring (bicyclic) bond motifs is 2. The van der Waals surface area contributed by atoms with Gasteiger partial charge in [-0.05, 0) is 24.3 Å². The van der Waals surface area contributed by atoms with E-state index in [1.807, 2.05) is 24.3 Å². The average molecular weight is 412 g/mol. The summed E-state index contributed by atoms with van der Waals surface area (Å²) in [5, 5.41) is 29.7. The third-order valence-corrected chi connectivity index (χ3v) is 5.83. The fourth-order valence-electron chi connectivity index (χ4n) is 3.31. The number of phenolic OH excluding ortho intramolecular Hbond substituents is 1. The zero-order valence-corrected chi connectivity index (χ0v) is 16.4. The first-order chi connectivity index (χ1) is 14.1. The maximum Gasteiger partial charge on any atom is 0.202 e. The summed E-state index contributed by atoms with van der Waals surface area (Å²) in [5.41, 5.74) is 1.71.